The number of fused-ring (bicyclic) bond motifs is 1. The maximum absolute atomic E-state index is 11.0. The summed E-state index contributed by atoms with van der Waals surface area (Å²) in [4.78, 5) is 19.0. The minimum absolute atomic E-state index is 0.0811. The maximum Gasteiger partial charge on any atom is 0.341 e. The van der Waals surface area contributed by atoms with Crippen LogP contribution in [0.25, 0.3) is 5.65 Å². The van der Waals surface area contributed by atoms with Crippen LogP contribution in [0.4, 0.5) is 5.82 Å². The van der Waals surface area contributed by atoms with Crippen LogP contribution in [0.3, 0.4) is 0 Å². The van der Waals surface area contributed by atoms with Gasteiger partial charge in [-0.25, -0.2) is 9.78 Å². The van der Waals surface area contributed by atoms with E-state index in [0.29, 0.717) is 18.0 Å². The molecule has 3 rings (SSSR count). The van der Waals surface area contributed by atoms with Crippen LogP contribution in [0.2, 0.25) is 0 Å². The summed E-state index contributed by atoms with van der Waals surface area (Å²) in [7, 11) is 0. The van der Waals surface area contributed by atoms with E-state index in [2.05, 4.69) is 20.4 Å². The summed E-state index contributed by atoms with van der Waals surface area (Å²) in [5, 5.41) is 16.3. The van der Waals surface area contributed by atoms with E-state index in [1.165, 1.54) is 10.7 Å². The molecule has 0 amide bonds. The molecule has 0 aliphatic rings. The molecule has 0 aliphatic carbocycles. The number of anilines is 1. The van der Waals surface area contributed by atoms with E-state index in [1.807, 2.05) is 12.1 Å². The van der Waals surface area contributed by atoms with Crippen molar-refractivity contribution in [2.24, 2.45) is 0 Å². The second-order valence-electron chi connectivity index (χ2n) is 4.14. The lowest BCUT2D eigenvalue weighted by molar-refractivity contribution is 0.0699. The number of hydrogen-bond acceptors (Lipinski definition) is 5. The molecule has 0 aromatic carbocycles. The first-order valence-electron chi connectivity index (χ1n) is 5.94. The van der Waals surface area contributed by atoms with Crippen molar-refractivity contribution < 1.29 is 9.90 Å². The second-order valence-corrected chi connectivity index (χ2v) is 4.14. The Kier molecular flexibility index (Phi) is 3.00. The SMILES string of the molecule is O=C(O)c1cnn2c(NCc3ccncc3)ccnc12. The lowest BCUT2D eigenvalue weighted by atomic mass is 10.3. The first kappa shape index (κ1) is 12.1. The highest BCUT2D eigenvalue weighted by atomic mass is 16.4. The fraction of sp³-hybridized carbons (Fsp3) is 0.0769. The normalized spacial score (nSPS) is 10.6. The summed E-state index contributed by atoms with van der Waals surface area (Å²) in [6.45, 7) is 0.587. The number of rotatable bonds is 4. The number of hydrogen-bond donors (Lipinski definition) is 2. The third-order valence-electron chi connectivity index (χ3n) is 2.85. The maximum atomic E-state index is 11.0. The second kappa shape index (κ2) is 4.96. The molecule has 0 fully saturated rings. The average Bonchev–Trinajstić information content (AvgIpc) is 2.91. The summed E-state index contributed by atoms with van der Waals surface area (Å²) in [6, 6.07) is 5.54. The van der Waals surface area contributed by atoms with Crippen molar-refractivity contribution in [3.8, 4) is 0 Å². The number of nitrogens with one attached hydrogen (secondary N) is 1. The van der Waals surface area contributed by atoms with Gasteiger partial charge in [-0.3, -0.25) is 4.98 Å². The quantitative estimate of drug-likeness (QED) is 0.744. The van der Waals surface area contributed by atoms with Gasteiger partial charge in [-0.1, -0.05) is 0 Å². The van der Waals surface area contributed by atoms with Crippen LogP contribution in [-0.4, -0.2) is 30.7 Å². The zero-order valence-corrected chi connectivity index (χ0v) is 10.4. The summed E-state index contributed by atoms with van der Waals surface area (Å²) < 4.78 is 1.48. The number of nitrogens with zero attached hydrogens (tertiary/aromatic N) is 4. The zero-order chi connectivity index (χ0) is 13.9. The fourth-order valence-electron chi connectivity index (χ4n) is 1.87. The van der Waals surface area contributed by atoms with Gasteiger partial charge in [0.2, 0.25) is 0 Å². The number of carboxylic acid groups (broad SMARTS) is 1. The van der Waals surface area contributed by atoms with Gasteiger partial charge in [0.05, 0.1) is 6.20 Å². The van der Waals surface area contributed by atoms with Crippen LogP contribution in [0.15, 0.2) is 43.0 Å². The Bertz CT molecular complexity index is 754. The molecular weight excluding hydrogens is 258 g/mol. The van der Waals surface area contributed by atoms with Gasteiger partial charge >= 0.3 is 5.97 Å². The minimum Gasteiger partial charge on any atom is -0.477 e. The summed E-state index contributed by atoms with van der Waals surface area (Å²) in [5.74, 6) is -0.363. The molecule has 0 radical (unpaired) electrons. The van der Waals surface area contributed by atoms with Gasteiger partial charge in [0.15, 0.2) is 5.65 Å². The van der Waals surface area contributed by atoms with Gasteiger partial charge in [0, 0.05) is 25.1 Å². The Balaban J connectivity index is 1.90. The highest BCUT2D eigenvalue weighted by Crippen LogP contribution is 2.14. The first-order chi connectivity index (χ1) is 9.75. The van der Waals surface area contributed by atoms with E-state index in [4.69, 9.17) is 5.11 Å². The Labute approximate surface area is 113 Å². The van der Waals surface area contributed by atoms with Gasteiger partial charge in [0.1, 0.15) is 11.4 Å². The summed E-state index contributed by atoms with van der Waals surface area (Å²) in [5.41, 5.74) is 1.46. The lowest BCUT2D eigenvalue weighted by Crippen LogP contribution is -2.06. The van der Waals surface area contributed by atoms with Crippen LogP contribution < -0.4 is 5.32 Å². The van der Waals surface area contributed by atoms with Crippen molar-refractivity contribution >= 4 is 17.4 Å². The molecule has 7 heteroatoms. The number of carboxylic acids is 1. The monoisotopic (exact) mass is 269 g/mol. The first-order valence-corrected chi connectivity index (χ1v) is 5.94. The van der Waals surface area contributed by atoms with Crippen molar-refractivity contribution in [2.75, 3.05) is 5.32 Å². The number of aromatic nitrogens is 4. The Hall–Kier alpha value is -2.96. The summed E-state index contributed by atoms with van der Waals surface area (Å²) in [6.07, 6.45) is 6.28. The molecular formula is C13H11N5O2. The van der Waals surface area contributed by atoms with E-state index in [9.17, 15) is 4.79 Å². The molecule has 7 nitrogen and oxygen atoms in total. The van der Waals surface area contributed by atoms with Crippen LogP contribution in [-0.2, 0) is 6.54 Å². The fourth-order valence-corrected chi connectivity index (χ4v) is 1.87. The van der Waals surface area contributed by atoms with Crippen molar-refractivity contribution in [3.63, 3.8) is 0 Å². The molecule has 3 heterocycles. The van der Waals surface area contributed by atoms with E-state index >= 15 is 0 Å². The Morgan fingerprint density at radius 1 is 1.25 bits per heavy atom. The number of aromatic carboxylic acids is 1. The van der Waals surface area contributed by atoms with Crippen molar-refractivity contribution in [3.05, 3.63) is 54.1 Å². The molecule has 0 spiro atoms. The minimum atomic E-state index is -1.04. The molecule has 100 valence electrons. The predicted molar refractivity (Wildman–Crippen MR) is 71.5 cm³/mol. The van der Waals surface area contributed by atoms with Crippen molar-refractivity contribution in [2.45, 2.75) is 6.54 Å². The smallest absolute Gasteiger partial charge is 0.341 e. The number of carbonyl (C=O) groups is 1. The van der Waals surface area contributed by atoms with Crippen LogP contribution in [0.5, 0.6) is 0 Å². The Morgan fingerprint density at radius 3 is 2.80 bits per heavy atom. The molecule has 0 bridgehead atoms. The van der Waals surface area contributed by atoms with Gasteiger partial charge in [-0.2, -0.15) is 9.61 Å². The van der Waals surface area contributed by atoms with Gasteiger partial charge in [-0.05, 0) is 23.8 Å². The van der Waals surface area contributed by atoms with Crippen LogP contribution in [0, 0.1) is 0 Å². The van der Waals surface area contributed by atoms with Gasteiger partial charge in [0.25, 0.3) is 0 Å². The third-order valence-corrected chi connectivity index (χ3v) is 2.85. The zero-order valence-electron chi connectivity index (χ0n) is 10.4. The van der Waals surface area contributed by atoms with E-state index in [-0.39, 0.29) is 5.56 Å². The molecule has 2 N–H and O–H groups in total. The summed E-state index contributed by atoms with van der Waals surface area (Å²) >= 11 is 0. The predicted octanol–water partition coefficient (Wildman–Crippen LogP) is 1.43. The molecule has 0 atom stereocenters. The molecule has 0 aliphatic heterocycles. The highest BCUT2D eigenvalue weighted by molar-refractivity contribution is 5.94. The van der Waals surface area contributed by atoms with Gasteiger partial charge < -0.3 is 10.4 Å². The van der Waals surface area contributed by atoms with E-state index in [1.54, 1.807) is 24.7 Å². The van der Waals surface area contributed by atoms with Crippen LogP contribution in [0.1, 0.15) is 15.9 Å². The topological polar surface area (TPSA) is 92.4 Å². The molecule has 0 saturated carbocycles. The highest BCUT2D eigenvalue weighted by Gasteiger charge is 2.13. The molecule has 0 saturated heterocycles. The van der Waals surface area contributed by atoms with E-state index in [0.717, 1.165) is 5.56 Å². The molecule has 0 unspecified atom stereocenters. The van der Waals surface area contributed by atoms with Crippen molar-refractivity contribution in [1.82, 2.24) is 19.6 Å². The van der Waals surface area contributed by atoms with Crippen molar-refractivity contribution in [1.29, 1.82) is 0 Å². The molecule has 3 aromatic heterocycles. The standard InChI is InChI=1S/C13H11N5O2/c19-13(20)10-8-17-18-11(3-6-15-12(10)18)16-7-9-1-4-14-5-2-9/h1-6,8,16H,7H2,(H,19,20). The average molecular weight is 269 g/mol. The van der Waals surface area contributed by atoms with Crippen LogP contribution >= 0.6 is 0 Å². The van der Waals surface area contributed by atoms with E-state index < -0.39 is 5.97 Å². The lowest BCUT2D eigenvalue weighted by Gasteiger charge is -2.07. The molecule has 20 heavy (non-hydrogen) atoms. The van der Waals surface area contributed by atoms with Gasteiger partial charge in [-0.15, -0.1) is 0 Å². The molecule has 3 aromatic rings. The largest absolute Gasteiger partial charge is 0.477 e. The number of pyridine rings is 1. The Morgan fingerprint density at radius 2 is 2.05 bits per heavy atom. The third kappa shape index (κ3) is 2.16.